The van der Waals surface area contributed by atoms with Gasteiger partial charge in [-0.15, -0.1) is 0 Å². The molecular weight excluding hydrogens is 342 g/mol. The van der Waals surface area contributed by atoms with E-state index in [4.69, 9.17) is 5.11 Å². The summed E-state index contributed by atoms with van der Waals surface area (Å²) in [5.74, 6) is -0.288. The van der Waals surface area contributed by atoms with Gasteiger partial charge in [0.05, 0.1) is 18.1 Å². The van der Waals surface area contributed by atoms with Crippen molar-refractivity contribution in [3.05, 3.63) is 54.0 Å². The van der Waals surface area contributed by atoms with Crippen LogP contribution < -0.4 is 10.2 Å². The van der Waals surface area contributed by atoms with E-state index in [-0.39, 0.29) is 0 Å². The van der Waals surface area contributed by atoms with E-state index in [0.717, 1.165) is 32.1 Å². The molecular formula is C20H25N5O2. The number of carboxylic acid groups (broad SMARTS) is 1. The fourth-order valence-electron chi connectivity index (χ4n) is 3.28. The van der Waals surface area contributed by atoms with Gasteiger partial charge in [0.25, 0.3) is 0 Å². The van der Waals surface area contributed by atoms with E-state index >= 15 is 0 Å². The van der Waals surface area contributed by atoms with Crippen LogP contribution in [0, 0.1) is 0 Å². The van der Waals surface area contributed by atoms with E-state index in [1.54, 1.807) is 12.4 Å². The number of aliphatic carboxylic acids is 1. The maximum absolute atomic E-state index is 10.5. The Balaban J connectivity index is 1.55. The van der Waals surface area contributed by atoms with Crippen LogP contribution in [0.5, 0.6) is 0 Å². The molecule has 0 bridgehead atoms. The van der Waals surface area contributed by atoms with Gasteiger partial charge in [-0.2, -0.15) is 0 Å². The van der Waals surface area contributed by atoms with Crippen LogP contribution in [0.3, 0.4) is 0 Å². The third-order valence-corrected chi connectivity index (χ3v) is 4.56. The van der Waals surface area contributed by atoms with Crippen LogP contribution in [-0.2, 0) is 11.3 Å². The molecule has 0 unspecified atom stereocenters. The summed E-state index contributed by atoms with van der Waals surface area (Å²) in [5, 5.41) is 12.1. The lowest BCUT2D eigenvalue weighted by atomic mass is 10.1. The second-order valence-corrected chi connectivity index (χ2v) is 6.89. The zero-order valence-electron chi connectivity index (χ0n) is 15.7. The first-order chi connectivity index (χ1) is 13.0. The molecule has 2 aromatic rings. The summed E-state index contributed by atoms with van der Waals surface area (Å²) < 4.78 is 0. The van der Waals surface area contributed by atoms with Gasteiger partial charge in [0, 0.05) is 51.5 Å². The molecule has 1 aromatic heterocycles. The predicted octanol–water partition coefficient (Wildman–Crippen LogP) is 2.33. The summed E-state index contributed by atoms with van der Waals surface area (Å²) in [5.41, 5.74) is 3.11. The quantitative estimate of drug-likeness (QED) is 0.727. The van der Waals surface area contributed by atoms with Crippen LogP contribution in [0.1, 0.15) is 17.7 Å². The van der Waals surface area contributed by atoms with Gasteiger partial charge in [-0.05, 0) is 24.1 Å². The second kappa shape index (κ2) is 8.64. The number of likely N-dealkylation sites (tertiary alicyclic amines) is 1. The molecule has 7 heteroatoms. The first-order valence-electron chi connectivity index (χ1n) is 8.98. The molecule has 1 atom stereocenters. The minimum absolute atomic E-state index is 0.325. The third kappa shape index (κ3) is 5.27. The average molecular weight is 367 g/mol. The maximum atomic E-state index is 10.5. The molecule has 0 saturated carbocycles. The zero-order chi connectivity index (χ0) is 19.2. The van der Waals surface area contributed by atoms with E-state index in [1.165, 1.54) is 17.3 Å². The molecule has 2 N–H and O–H groups in total. The van der Waals surface area contributed by atoms with Gasteiger partial charge in [-0.25, -0.2) is 9.78 Å². The molecule has 2 heterocycles. The lowest BCUT2D eigenvalue weighted by molar-refractivity contribution is -0.131. The molecule has 1 aliphatic rings. The summed E-state index contributed by atoms with van der Waals surface area (Å²) in [4.78, 5) is 23.7. The zero-order valence-corrected chi connectivity index (χ0v) is 15.7. The van der Waals surface area contributed by atoms with Crippen molar-refractivity contribution < 1.29 is 9.90 Å². The van der Waals surface area contributed by atoms with E-state index < -0.39 is 5.97 Å². The number of carboxylic acids is 1. The monoisotopic (exact) mass is 367 g/mol. The smallest absolute Gasteiger partial charge is 0.328 e. The lowest BCUT2D eigenvalue weighted by Crippen LogP contribution is -2.27. The minimum Gasteiger partial charge on any atom is -0.478 e. The number of nitrogens with zero attached hydrogens (tertiary/aromatic N) is 4. The highest BCUT2D eigenvalue weighted by atomic mass is 16.4. The normalized spacial score (nSPS) is 17.3. The molecule has 3 rings (SSSR count). The van der Waals surface area contributed by atoms with Crippen molar-refractivity contribution in [3.63, 3.8) is 0 Å². The van der Waals surface area contributed by atoms with Crippen molar-refractivity contribution in [2.75, 3.05) is 37.4 Å². The molecule has 0 aliphatic carbocycles. The Hall–Kier alpha value is -2.93. The summed E-state index contributed by atoms with van der Waals surface area (Å²) >= 11 is 0. The van der Waals surface area contributed by atoms with Crippen molar-refractivity contribution >= 4 is 23.6 Å². The van der Waals surface area contributed by atoms with Crippen LogP contribution in [0.4, 0.5) is 11.5 Å². The Morgan fingerprint density at radius 2 is 2.15 bits per heavy atom. The van der Waals surface area contributed by atoms with Crippen LogP contribution in [0.25, 0.3) is 6.08 Å². The van der Waals surface area contributed by atoms with Gasteiger partial charge < -0.3 is 15.3 Å². The predicted molar refractivity (Wildman–Crippen MR) is 107 cm³/mol. The molecule has 27 heavy (non-hydrogen) atoms. The van der Waals surface area contributed by atoms with Crippen LogP contribution in [0.15, 0.2) is 42.7 Å². The molecule has 0 radical (unpaired) electrons. The largest absolute Gasteiger partial charge is 0.478 e. The Kier molecular flexibility index (Phi) is 6.03. The van der Waals surface area contributed by atoms with Gasteiger partial charge in [0.2, 0.25) is 0 Å². The number of carbonyl (C=O) groups is 1. The molecule has 7 nitrogen and oxygen atoms in total. The van der Waals surface area contributed by atoms with E-state index in [9.17, 15) is 4.79 Å². The van der Waals surface area contributed by atoms with Gasteiger partial charge in [-0.1, -0.05) is 18.2 Å². The average Bonchev–Trinajstić information content (AvgIpc) is 3.08. The van der Waals surface area contributed by atoms with E-state index in [0.29, 0.717) is 17.6 Å². The topological polar surface area (TPSA) is 81.6 Å². The number of anilines is 2. The van der Waals surface area contributed by atoms with Gasteiger partial charge in [-0.3, -0.25) is 9.88 Å². The van der Waals surface area contributed by atoms with Crippen molar-refractivity contribution in [1.29, 1.82) is 0 Å². The van der Waals surface area contributed by atoms with Gasteiger partial charge in [0.15, 0.2) is 0 Å². The SMILES string of the molecule is CN(C)c1ccccc1CN1CC[C@@H](Nc2cnc(C=CC(=O)O)cn2)C1. The summed E-state index contributed by atoms with van der Waals surface area (Å²) in [7, 11) is 4.14. The third-order valence-electron chi connectivity index (χ3n) is 4.56. The number of hydrogen-bond donors (Lipinski definition) is 2. The van der Waals surface area contributed by atoms with Crippen molar-refractivity contribution in [2.45, 2.75) is 19.0 Å². The fourth-order valence-corrected chi connectivity index (χ4v) is 3.28. The Morgan fingerprint density at radius 3 is 2.85 bits per heavy atom. The Bertz CT molecular complexity index is 804. The molecule has 1 fully saturated rings. The highest BCUT2D eigenvalue weighted by molar-refractivity contribution is 5.84. The fraction of sp³-hybridized carbons (Fsp3) is 0.350. The van der Waals surface area contributed by atoms with Gasteiger partial charge in [0.1, 0.15) is 5.82 Å². The summed E-state index contributed by atoms with van der Waals surface area (Å²) in [6.45, 7) is 2.91. The second-order valence-electron chi connectivity index (χ2n) is 6.89. The van der Waals surface area contributed by atoms with Crippen molar-refractivity contribution in [3.8, 4) is 0 Å². The number of aromatic nitrogens is 2. The number of rotatable bonds is 7. The molecule has 142 valence electrons. The number of benzene rings is 1. The summed E-state index contributed by atoms with van der Waals surface area (Å²) in [6, 6.07) is 8.82. The standard InChI is InChI=1S/C20H25N5O2/c1-24(2)18-6-4-3-5-15(18)13-25-10-9-17(14-25)23-19-12-21-16(11-22-19)7-8-20(26)27/h3-8,11-12,17H,9-10,13-14H2,1-2H3,(H,22,23)(H,26,27)/t17-/m1/s1. The highest BCUT2D eigenvalue weighted by Gasteiger charge is 2.23. The van der Waals surface area contributed by atoms with Crippen molar-refractivity contribution in [2.24, 2.45) is 0 Å². The highest BCUT2D eigenvalue weighted by Crippen LogP contribution is 2.22. The maximum Gasteiger partial charge on any atom is 0.328 e. The molecule has 0 amide bonds. The molecule has 1 aromatic carbocycles. The number of nitrogens with one attached hydrogen (secondary N) is 1. The first kappa shape index (κ1) is 18.8. The Labute approximate surface area is 159 Å². The molecule has 1 saturated heterocycles. The minimum atomic E-state index is -0.999. The Morgan fingerprint density at radius 1 is 1.33 bits per heavy atom. The van der Waals surface area contributed by atoms with Gasteiger partial charge >= 0.3 is 5.97 Å². The summed E-state index contributed by atoms with van der Waals surface area (Å²) in [6.07, 6.45) is 6.75. The lowest BCUT2D eigenvalue weighted by Gasteiger charge is -2.22. The first-order valence-corrected chi connectivity index (χ1v) is 8.98. The van der Waals surface area contributed by atoms with Crippen LogP contribution in [0.2, 0.25) is 0 Å². The molecule has 0 spiro atoms. The van der Waals surface area contributed by atoms with Crippen LogP contribution >= 0.6 is 0 Å². The van der Waals surface area contributed by atoms with Crippen molar-refractivity contribution in [1.82, 2.24) is 14.9 Å². The van der Waals surface area contributed by atoms with Crippen LogP contribution in [-0.4, -0.2) is 59.2 Å². The number of hydrogen-bond acceptors (Lipinski definition) is 6. The number of para-hydroxylation sites is 1. The van der Waals surface area contributed by atoms with E-state index in [1.807, 2.05) is 0 Å². The van der Waals surface area contributed by atoms with E-state index in [2.05, 4.69) is 63.4 Å². The molecule has 1 aliphatic heterocycles.